The van der Waals surface area contributed by atoms with Crippen molar-refractivity contribution in [1.29, 1.82) is 0 Å². The number of hydrogen-bond donors (Lipinski definition) is 0. The Morgan fingerprint density at radius 2 is 2.11 bits per heavy atom. The average Bonchev–Trinajstić information content (AvgIpc) is 2.71. The molecular weight excluding hydrogens is 305 g/mol. The van der Waals surface area contributed by atoms with E-state index in [9.17, 15) is 8.42 Å². The summed E-state index contributed by atoms with van der Waals surface area (Å²) in [5, 5.41) is -0.442. The van der Waals surface area contributed by atoms with Gasteiger partial charge in [0.15, 0.2) is 9.84 Å². The van der Waals surface area contributed by atoms with Crippen LogP contribution in [-0.4, -0.2) is 36.5 Å². The monoisotopic (exact) mass is 317 g/mol. The summed E-state index contributed by atoms with van der Waals surface area (Å²) in [6, 6.07) is 8.64. The molecule has 4 nitrogen and oxygen atoms in total. The lowest BCUT2D eigenvalue weighted by Crippen LogP contribution is -2.30. The predicted octanol–water partition coefficient (Wildman–Crippen LogP) is 2.54. The van der Waals surface area contributed by atoms with Crippen molar-refractivity contribution in [3.8, 4) is 0 Å². The summed E-state index contributed by atoms with van der Waals surface area (Å²) in [6.45, 7) is 0.854. The van der Waals surface area contributed by atoms with Gasteiger partial charge in [0.1, 0.15) is 11.4 Å². The third-order valence-corrected chi connectivity index (χ3v) is 8.77. The van der Waals surface area contributed by atoms with Crippen LogP contribution < -0.4 is 0 Å². The Morgan fingerprint density at radius 3 is 2.84 bits per heavy atom. The minimum atomic E-state index is -3.33. The molecule has 0 amide bonds. The van der Waals surface area contributed by atoms with Gasteiger partial charge in [0, 0.05) is 6.54 Å². The van der Waals surface area contributed by atoms with Gasteiger partial charge >= 0.3 is 0 Å². The fourth-order valence-corrected chi connectivity index (χ4v) is 8.38. The summed E-state index contributed by atoms with van der Waals surface area (Å²) in [4.78, 5) is 0.387. The summed E-state index contributed by atoms with van der Waals surface area (Å²) in [5.74, 6) is 0. The second kappa shape index (κ2) is 3.92. The molecule has 1 spiro atoms. The van der Waals surface area contributed by atoms with Gasteiger partial charge in [-0.25, -0.2) is 13.1 Å². The van der Waals surface area contributed by atoms with Crippen molar-refractivity contribution in [3.05, 3.63) is 30.3 Å². The highest BCUT2D eigenvalue weighted by Crippen LogP contribution is 2.74. The third-order valence-electron chi connectivity index (χ3n) is 4.38. The molecule has 4 atom stereocenters. The van der Waals surface area contributed by atoms with Gasteiger partial charge in [-0.05, 0) is 36.2 Å². The van der Waals surface area contributed by atoms with Crippen molar-refractivity contribution in [2.24, 2.45) is 0 Å². The largest absolute Gasteiger partial charge is 0.325 e. The molecule has 1 saturated carbocycles. The minimum absolute atomic E-state index is 0.233. The third kappa shape index (κ3) is 1.48. The van der Waals surface area contributed by atoms with E-state index in [1.165, 1.54) is 0 Å². The van der Waals surface area contributed by atoms with Crippen LogP contribution in [0.15, 0.2) is 35.2 Å². The van der Waals surface area contributed by atoms with E-state index in [1.807, 2.05) is 6.07 Å². The molecule has 3 aliphatic rings. The first kappa shape index (κ1) is 12.5. The summed E-state index contributed by atoms with van der Waals surface area (Å²) >= 11 is 6.17. The number of halogens is 1. The minimum Gasteiger partial charge on any atom is -0.325 e. The standard InChI is InChI=1S/C12H13ClNO3PS/c13-18-14-8-4-7-12(14)10(17-18)11(12)19(15,16)9-5-2-1-3-6-9/h1-3,5-6,10-11H,4,7-8H2/t10-,11?,12-,18?/m1/s1. The average molecular weight is 318 g/mol. The highest BCUT2D eigenvalue weighted by atomic mass is 35.7. The van der Waals surface area contributed by atoms with E-state index >= 15 is 0 Å². The first-order chi connectivity index (χ1) is 9.08. The SMILES string of the molecule is O=S(=O)(c1ccccc1)C1[C@H]2OP(Cl)N3CCC[C@]123. The first-order valence-corrected chi connectivity index (χ1v) is 9.94. The quantitative estimate of drug-likeness (QED) is 0.786. The molecule has 0 N–H and O–H groups in total. The van der Waals surface area contributed by atoms with Crippen LogP contribution >= 0.6 is 18.9 Å². The van der Waals surface area contributed by atoms with Crippen LogP contribution in [0.5, 0.6) is 0 Å². The lowest BCUT2D eigenvalue weighted by molar-refractivity contribution is 0.334. The van der Waals surface area contributed by atoms with E-state index in [2.05, 4.69) is 4.67 Å². The van der Waals surface area contributed by atoms with E-state index in [0.29, 0.717) is 4.90 Å². The molecule has 19 heavy (non-hydrogen) atoms. The van der Waals surface area contributed by atoms with Gasteiger partial charge in [-0.2, -0.15) is 0 Å². The molecule has 1 aromatic rings. The van der Waals surface area contributed by atoms with Crippen LogP contribution in [0.1, 0.15) is 12.8 Å². The fraction of sp³-hybridized carbons (Fsp3) is 0.500. The summed E-state index contributed by atoms with van der Waals surface area (Å²) in [6.07, 6.45) is 1.65. The molecule has 1 aliphatic carbocycles. The van der Waals surface area contributed by atoms with Crippen molar-refractivity contribution in [3.63, 3.8) is 0 Å². The van der Waals surface area contributed by atoms with Gasteiger partial charge < -0.3 is 4.52 Å². The van der Waals surface area contributed by atoms with Crippen molar-refractivity contribution in [1.82, 2.24) is 4.67 Å². The van der Waals surface area contributed by atoms with Gasteiger partial charge in [0.05, 0.1) is 10.4 Å². The van der Waals surface area contributed by atoms with Crippen molar-refractivity contribution in [2.45, 2.75) is 34.6 Å². The highest BCUT2D eigenvalue weighted by molar-refractivity contribution is 7.92. The second-order valence-corrected chi connectivity index (χ2v) is 9.33. The van der Waals surface area contributed by atoms with Gasteiger partial charge in [-0.1, -0.05) is 18.2 Å². The van der Waals surface area contributed by atoms with Crippen molar-refractivity contribution < 1.29 is 12.9 Å². The molecule has 102 valence electrons. The summed E-state index contributed by atoms with van der Waals surface area (Å²) in [5.41, 5.74) is -0.331. The van der Waals surface area contributed by atoms with Crippen molar-refractivity contribution in [2.75, 3.05) is 6.54 Å². The molecule has 4 rings (SSSR count). The van der Waals surface area contributed by atoms with Gasteiger partial charge in [0.2, 0.25) is 7.65 Å². The molecule has 0 bridgehead atoms. The molecular formula is C12H13ClNO3PS. The van der Waals surface area contributed by atoms with Crippen molar-refractivity contribution >= 4 is 28.7 Å². The van der Waals surface area contributed by atoms with E-state index in [4.69, 9.17) is 15.8 Å². The Morgan fingerprint density at radius 1 is 1.37 bits per heavy atom. The first-order valence-electron chi connectivity index (χ1n) is 6.28. The molecule has 7 heteroatoms. The van der Waals surface area contributed by atoms with Crippen LogP contribution in [0.3, 0.4) is 0 Å². The number of rotatable bonds is 2. The summed E-state index contributed by atoms with van der Waals surface area (Å²) in [7, 11) is -4.43. The molecule has 0 aromatic heterocycles. The smallest absolute Gasteiger partial charge is 0.207 e. The van der Waals surface area contributed by atoms with Crippen LogP contribution in [0.25, 0.3) is 0 Å². The van der Waals surface area contributed by atoms with Gasteiger partial charge in [-0.15, -0.1) is 0 Å². The van der Waals surface area contributed by atoms with Gasteiger partial charge in [-0.3, -0.25) is 0 Å². The lowest BCUT2D eigenvalue weighted by Gasteiger charge is -2.22. The molecule has 2 aliphatic heterocycles. The van der Waals surface area contributed by atoms with E-state index < -0.39 is 22.7 Å². The zero-order chi connectivity index (χ0) is 13.3. The zero-order valence-corrected chi connectivity index (χ0v) is 12.5. The predicted molar refractivity (Wildman–Crippen MR) is 73.7 cm³/mol. The molecule has 2 saturated heterocycles. The zero-order valence-electron chi connectivity index (χ0n) is 10.1. The number of hydrogen-bond acceptors (Lipinski definition) is 4. The lowest BCUT2D eigenvalue weighted by atomic mass is 10.2. The second-order valence-electron chi connectivity index (χ2n) is 5.25. The van der Waals surface area contributed by atoms with Crippen LogP contribution in [0.2, 0.25) is 0 Å². The maximum atomic E-state index is 12.7. The molecule has 2 heterocycles. The van der Waals surface area contributed by atoms with E-state index in [-0.39, 0.29) is 11.6 Å². The maximum Gasteiger partial charge on any atom is 0.207 e. The highest BCUT2D eigenvalue weighted by Gasteiger charge is 2.81. The maximum absolute atomic E-state index is 12.7. The Bertz CT molecular complexity index is 625. The van der Waals surface area contributed by atoms with Crippen LogP contribution in [0, 0.1) is 0 Å². The Balaban J connectivity index is 1.74. The van der Waals surface area contributed by atoms with Gasteiger partial charge in [0.25, 0.3) is 0 Å². The molecule has 0 radical (unpaired) electrons. The number of benzene rings is 1. The topological polar surface area (TPSA) is 46.6 Å². The molecule has 2 unspecified atom stereocenters. The van der Waals surface area contributed by atoms with E-state index in [1.54, 1.807) is 24.3 Å². The Hall–Kier alpha value is -0.190. The normalized spacial score (nSPS) is 41.0. The molecule has 1 aromatic carbocycles. The number of nitrogens with zero attached hydrogens (tertiary/aromatic N) is 1. The van der Waals surface area contributed by atoms with Crippen LogP contribution in [0.4, 0.5) is 0 Å². The van der Waals surface area contributed by atoms with Crippen LogP contribution in [-0.2, 0) is 14.4 Å². The summed E-state index contributed by atoms with van der Waals surface area (Å²) < 4.78 is 33.2. The Labute approximate surface area is 118 Å². The van der Waals surface area contributed by atoms with E-state index in [0.717, 1.165) is 19.4 Å². The molecule has 3 fully saturated rings. The Kier molecular flexibility index (Phi) is 2.59. The number of sulfone groups is 1. The fourth-order valence-electron chi connectivity index (χ4n) is 3.50.